The van der Waals surface area contributed by atoms with Crippen LogP contribution in [-0.2, 0) is 0 Å². The summed E-state index contributed by atoms with van der Waals surface area (Å²) in [6, 6.07) is 5.83. The van der Waals surface area contributed by atoms with Gasteiger partial charge in [-0.2, -0.15) is 10.1 Å². The van der Waals surface area contributed by atoms with Crippen LogP contribution >= 0.6 is 11.6 Å². The average molecular weight is 397 g/mol. The van der Waals surface area contributed by atoms with E-state index in [0.717, 1.165) is 48.9 Å². The predicted octanol–water partition coefficient (Wildman–Crippen LogP) is 3.00. The van der Waals surface area contributed by atoms with Crippen molar-refractivity contribution in [3.63, 3.8) is 0 Å². The highest BCUT2D eigenvalue weighted by molar-refractivity contribution is 6.33. The first kappa shape index (κ1) is 18.4. The molecule has 0 amide bonds. The molecule has 1 aliphatic rings. The van der Waals surface area contributed by atoms with Crippen LogP contribution in [0.4, 0.5) is 23.4 Å². The Labute approximate surface area is 168 Å². The molecule has 0 atom stereocenters. The van der Waals surface area contributed by atoms with Gasteiger partial charge in [0.15, 0.2) is 5.82 Å². The van der Waals surface area contributed by atoms with Crippen LogP contribution in [0.3, 0.4) is 0 Å². The zero-order valence-corrected chi connectivity index (χ0v) is 16.6. The summed E-state index contributed by atoms with van der Waals surface area (Å²) in [4.78, 5) is 17.5. The first-order chi connectivity index (χ1) is 13.6. The number of nitrogens with zero attached hydrogens (tertiary/aromatic N) is 7. The molecule has 3 aromatic rings. The Balaban J connectivity index is 1.46. The molecule has 1 aromatic carbocycles. The third-order valence-corrected chi connectivity index (χ3v) is 4.93. The van der Waals surface area contributed by atoms with E-state index >= 15 is 0 Å². The molecule has 0 unspecified atom stereocenters. The predicted molar refractivity (Wildman–Crippen MR) is 110 cm³/mol. The molecule has 0 aliphatic carbocycles. The molecule has 0 radical (unpaired) electrons. The summed E-state index contributed by atoms with van der Waals surface area (Å²) in [7, 11) is 0. The van der Waals surface area contributed by atoms with Gasteiger partial charge in [0.05, 0.1) is 16.9 Å². The molecule has 0 spiro atoms. The van der Waals surface area contributed by atoms with Gasteiger partial charge in [0.1, 0.15) is 0 Å². The van der Waals surface area contributed by atoms with Crippen molar-refractivity contribution in [2.45, 2.75) is 13.8 Å². The Morgan fingerprint density at radius 2 is 1.64 bits per heavy atom. The molecule has 0 bridgehead atoms. The van der Waals surface area contributed by atoms with Crippen molar-refractivity contribution < 1.29 is 0 Å². The zero-order chi connectivity index (χ0) is 19.5. The van der Waals surface area contributed by atoms with Gasteiger partial charge < -0.3 is 15.1 Å². The number of hydrogen-bond acceptors (Lipinski definition) is 8. The monoisotopic (exact) mass is 396 g/mol. The summed E-state index contributed by atoms with van der Waals surface area (Å²) < 4.78 is 0. The zero-order valence-electron chi connectivity index (χ0n) is 15.8. The Bertz CT molecular complexity index is 934. The molecule has 8 nitrogen and oxygen atoms in total. The van der Waals surface area contributed by atoms with Gasteiger partial charge in [-0.15, -0.1) is 5.10 Å². The highest BCUT2D eigenvalue weighted by Crippen LogP contribution is 2.29. The molecular formula is C19H21ClN8. The third kappa shape index (κ3) is 3.96. The fraction of sp³-hybridized carbons (Fsp3) is 0.316. The van der Waals surface area contributed by atoms with Crippen molar-refractivity contribution >= 4 is 35.0 Å². The molecule has 0 saturated carbocycles. The van der Waals surface area contributed by atoms with E-state index in [1.807, 2.05) is 26.0 Å². The molecule has 9 heteroatoms. The Morgan fingerprint density at radius 1 is 0.964 bits per heavy atom. The quantitative estimate of drug-likeness (QED) is 0.720. The van der Waals surface area contributed by atoms with Crippen molar-refractivity contribution in [3.8, 4) is 0 Å². The molecule has 1 N–H and O–H groups in total. The number of hydrogen-bond donors (Lipinski definition) is 1. The number of aromatic nitrogens is 5. The summed E-state index contributed by atoms with van der Waals surface area (Å²) >= 11 is 6.39. The summed E-state index contributed by atoms with van der Waals surface area (Å²) in [6.45, 7) is 7.18. The van der Waals surface area contributed by atoms with E-state index in [-0.39, 0.29) is 0 Å². The van der Waals surface area contributed by atoms with Crippen molar-refractivity contribution in [3.05, 3.63) is 52.9 Å². The van der Waals surface area contributed by atoms with E-state index < -0.39 is 0 Å². The highest BCUT2D eigenvalue weighted by Gasteiger charge is 2.21. The number of piperazine rings is 1. The second-order valence-electron chi connectivity index (χ2n) is 6.73. The minimum atomic E-state index is 0.597. The van der Waals surface area contributed by atoms with Crippen molar-refractivity contribution in [1.29, 1.82) is 0 Å². The van der Waals surface area contributed by atoms with Crippen LogP contribution in [-0.4, -0.2) is 51.3 Å². The maximum absolute atomic E-state index is 6.39. The Hall–Kier alpha value is -3.00. The average Bonchev–Trinajstić information content (AvgIpc) is 2.72. The molecular weight excluding hydrogens is 376 g/mol. The lowest BCUT2D eigenvalue weighted by Gasteiger charge is -2.34. The summed E-state index contributed by atoms with van der Waals surface area (Å²) in [6.07, 6.45) is 5.12. The molecule has 1 saturated heterocycles. The van der Waals surface area contributed by atoms with E-state index in [4.69, 9.17) is 11.6 Å². The molecule has 4 rings (SSSR count). The van der Waals surface area contributed by atoms with Crippen LogP contribution in [0.15, 0.2) is 36.8 Å². The van der Waals surface area contributed by atoms with Gasteiger partial charge in [-0.3, -0.25) is 0 Å². The summed E-state index contributed by atoms with van der Waals surface area (Å²) in [5.74, 6) is 1.97. The lowest BCUT2D eigenvalue weighted by atomic mass is 10.1. The first-order valence-electron chi connectivity index (χ1n) is 9.10. The van der Waals surface area contributed by atoms with Crippen LogP contribution in [0.2, 0.25) is 5.02 Å². The minimum absolute atomic E-state index is 0.597. The molecule has 28 heavy (non-hydrogen) atoms. The second kappa shape index (κ2) is 7.93. The van der Waals surface area contributed by atoms with Crippen LogP contribution in [0.1, 0.15) is 11.1 Å². The van der Waals surface area contributed by atoms with Gasteiger partial charge in [0.2, 0.25) is 11.9 Å². The van der Waals surface area contributed by atoms with E-state index in [1.165, 1.54) is 0 Å². The van der Waals surface area contributed by atoms with E-state index in [1.54, 1.807) is 18.6 Å². The molecule has 2 aromatic heterocycles. The largest absolute Gasteiger partial charge is 0.337 e. The normalized spacial score (nSPS) is 14.2. The Morgan fingerprint density at radius 3 is 2.32 bits per heavy atom. The fourth-order valence-corrected chi connectivity index (χ4v) is 3.62. The fourth-order valence-electron chi connectivity index (χ4n) is 3.25. The maximum Gasteiger partial charge on any atom is 0.247 e. The lowest BCUT2D eigenvalue weighted by Crippen LogP contribution is -2.47. The molecule has 144 valence electrons. The van der Waals surface area contributed by atoms with Gasteiger partial charge in [0.25, 0.3) is 0 Å². The number of nitrogens with one attached hydrogen (secondary N) is 1. The second-order valence-corrected chi connectivity index (χ2v) is 7.14. The summed E-state index contributed by atoms with van der Waals surface area (Å²) in [5.41, 5.74) is 3.02. The van der Waals surface area contributed by atoms with E-state index in [9.17, 15) is 0 Å². The first-order valence-corrected chi connectivity index (χ1v) is 9.48. The van der Waals surface area contributed by atoms with Gasteiger partial charge in [-0.1, -0.05) is 17.7 Å². The van der Waals surface area contributed by atoms with Gasteiger partial charge >= 0.3 is 0 Å². The Kier molecular flexibility index (Phi) is 5.21. The SMILES string of the molecule is Cc1cc(C)c(Nc2cnnc(N3CCN(c4ncccn4)CC3)n2)c(Cl)c1. The van der Waals surface area contributed by atoms with Crippen molar-refractivity contribution in [1.82, 2.24) is 25.1 Å². The minimum Gasteiger partial charge on any atom is -0.337 e. The highest BCUT2D eigenvalue weighted by atomic mass is 35.5. The number of anilines is 4. The molecule has 3 heterocycles. The van der Waals surface area contributed by atoms with E-state index in [0.29, 0.717) is 16.8 Å². The van der Waals surface area contributed by atoms with Gasteiger partial charge in [0, 0.05) is 38.6 Å². The lowest BCUT2D eigenvalue weighted by molar-refractivity contribution is 0.624. The van der Waals surface area contributed by atoms with Crippen LogP contribution in [0, 0.1) is 13.8 Å². The number of aryl methyl sites for hydroxylation is 2. The smallest absolute Gasteiger partial charge is 0.247 e. The van der Waals surface area contributed by atoms with Gasteiger partial charge in [-0.25, -0.2) is 9.97 Å². The number of benzene rings is 1. The third-order valence-electron chi connectivity index (χ3n) is 4.63. The van der Waals surface area contributed by atoms with Crippen LogP contribution in [0.5, 0.6) is 0 Å². The van der Waals surface area contributed by atoms with Crippen LogP contribution in [0.25, 0.3) is 0 Å². The molecule has 1 fully saturated rings. The maximum atomic E-state index is 6.39. The van der Waals surface area contributed by atoms with Crippen LogP contribution < -0.4 is 15.1 Å². The number of halogens is 1. The van der Waals surface area contributed by atoms with Crippen molar-refractivity contribution in [2.24, 2.45) is 0 Å². The topological polar surface area (TPSA) is 83.0 Å². The standard InChI is InChI=1S/C19H21ClN8/c1-13-10-14(2)17(15(20)11-13)24-16-12-23-26-19(25-16)28-8-6-27(7-9-28)18-21-4-3-5-22-18/h3-5,10-12H,6-9H2,1-2H3,(H,24,25,26). The summed E-state index contributed by atoms with van der Waals surface area (Å²) in [5, 5.41) is 12.3. The van der Waals surface area contributed by atoms with Gasteiger partial charge in [-0.05, 0) is 37.1 Å². The molecule has 1 aliphatic heterocycles. The van der Waals surface area contributed by atoms with Crippen molar-refractivity contribution in [2.75, 3.05) is 41.3 Å². The van der Waals surface area contributed by atoms with E-state index in [2.05, 4.69) is 46.3 Å². The number of rotatable bonds is 4.